The maximum Gasteiger partial charge on any atom is 0.187 e. The Bertz CT molecular complexity index is 310. The summed E-state index contributed by atoms with van der Waals surface area (Å²) < 4.78 is 10.6. The first-order valence-electron chi connectivity index (χ1n) is 6.15. The fraction of sp³-hybridized carbons (Fsp3) is 0.500. The largest absolute Gasteiger partial charge is 0.485 e. The van der Waals surface area contributed by atoms with Gasteiger partial charge in [0.1, 0.15) is 6.61 Å². The Kier molecular flexibility index (Phi) is 8.84. The highest BCUT2D eigenvalue weighted by Gasteiger charge is 2.18. The Morgan fingerprint density at radius 1 is 1.24 bits per heavy atom. The van der Waals surface area contributed by atoms with Crippen LogP contribution in [0.4, 0.5) is 0 Å². The molecule has 1 atom stereocenters. The zero-order chi connectivity index (χ0) is 13.1. The van der Waals surface area contributed by atoms with Crippen molar-refractivity contribution in [2.45, 2.75) is 40.2 Å². The van der Waals surface area contributed by atoms with E-state index in [4.69, 9.17) is 9.47 Å². The van der Waals surface area contributed by atoms with Gasteiger partial charge in [0.15, 0.2) is 23.9 Å². The SMILES string of the molecule is CC.CCC.O=CC1COc2ccccc2O1. The van der Waals surface area contributed by atoms with Crippen LogP contribution in [0.2, 0.25) is 0 Å². The van der Waals surface area contributed by atoms with Crippen LogP contribution in [0.25, 0.3) is 0 Å². The number of fused-ring (bicyclic) bond motifs is 1. The van der Waals surface area contributed by atoms with Crippen LogP contribution >= 0.6 is 0 Å². The van der Waals surface area contributed by atoms with Gasteiger partial charge in [-0.1, -0.05) is 46.2 Å². The molecule has 17 heavy (non-hydrogen) atoms. The lowest BCUT2D eigenvalue weighted by atomic mass is 10.3. The molecule has 0 spiro atoms. The van der Waals surface area contributed by atoms with E-state index in [1.54, 1.807) is 6.07 Å². The molecule has 3 nitrogen and oxygen atoms in total. The fourth-order valence-corrected chi connectivity index (χ4v) is 1.10. The molecule has 1 aliphatic rings. The van der Waals surface area contributed by atoms with Crippen LogP contribution in [0, 0.1) is 0 Å². The highest BCUT2D eigenvalue weighted by Crippen LogP contribution is 2.30. The van der Waals surface area contributed by atoms with Crippen LogP contribution < -0.4 is 9.47 Å². The second-order valence-electron chi connectivity index (χ2n) is 3.26. The minimum atomic E-state index is -0.458. The molecule has 1 aliphatic heterocycles. The van der Waals surface area contributed by atoms with Gasteiger partial charge in [0, 0.05) is 0 Å². The van der Waals surface area contributed by atoms with Gasteiger partial charge in [0.05, 0.1) is 0 Å². The van der Waals surface area contributed by atoms with E-state index in [0.717, 1.165) is 6.29 Å². The second-order valence-corrected chi connectivity index (χ2v) is 3.26. The lowest BCUT2D eigenvalue weighted by Crippen LogP contribution is -2.30. The first kappa shape index (κ1) is 15.5. The maximum absolute atomic E-state index is 10.4. The molecule has 2 rings (SSSR count). The van der Waals surface area contributed by atoms with Crippen molar-refractivity contribution in [3.05, 3.63) is 24.3 Å². The molecule has 0 aliphatic carbocycles. The Morgan fingerprint density at radius 2 is 1.76 bits per heavy atom. The molecule has 0 fully saturated rings. The van der Waals surface area contributed by atoms with Gasteiger partial charge < -0.3 is 9.47 Å². The molecule has 0 aromatic heterocycles. The van der Waals surface area contributed by atoms with Gasteiger partial charge in [0.25, 0.3) is 0 Å². The minimum Gasteiger partial charge on any atom is -0.485 e. The van der Waals surface area contributed by atoms with Crippen LogP contribution in [0.15, 0.2) is 24.3 Å². The average molecular weight is 238 g/mol. The maximum atomic E-state index is 10.4. The molecule has 0 N–H and O–H groups in total. The topological polar surface area (TPSA) is 35.5 Å². The van der Waals surface area contributed by atoms with E-state index in [0.29, 0.717) is 18.1 Å². The lowest BCUT2D eigenvalue weighted by Gasteiger charge is -2.22. The van der Waals surface area contributed by atoms with Crippen molar-refractivity contribution in [3.63, 3.8) is 0 Å². The fourth-order valence-electron chi connectivity index (χ4n) is 1.10. The van der Waals surface area contributed by atoms with Crippen molar-refractivity contribution >= 4 is 6.29 Å². The van der Waals surface area contributed by atoms with Crippen molar-refractivity contribution in [2.24, 2.45) is 0 Å². The Labute approximate surface area is 104 Å². The van der Waals surface area contributed by atoms with Gasteiger partial charge in [-0.05, 0) is 12.1 Å². The molecule has 1 heterocycles. The number of hydrogen-bond donors (Lipinski definition) is 0. The standard InChI is InChI=1S/C9H8O3.C3H8.C2H6/c10-5-7-6-11-8-3-1-2-4-9(8)12-7;1-3-2;1-2/h1-5,7H,6H2;3H2,1-2H3;1-2H3. The second kappa shape index (κ2) is 9.70. The predicted molar refractivity (Wildman–Crippen MR) is 69.7 cm³/mol. The summed E-state index contributed by atoms with van der Waals surface area (Å²) in [7, 11) is 0. The van der Waals surface area contributed by atoms with Crippen LogP contribution in [-0.4, -0.2) is 19.0 Å². The van der Waals surface area contributed by atoms with Crippen molar-refractivity contribution in [1.29, 1.82) is 0 Å². The number of benzene rings is 1. The van der Waals surface area contributed by atoms with E-state index >= 15 is 0 Å². The number of rotatable bonds is 1. The van der Waals surface area contributed by atoms with E-state index in [-0.39, 0.29) is 0 Å². The van der Waals surface area contributed by atoms with E-state index in [1.807, 2.05) is 32.0 Å². The third kappa shape index (κ3) is 5.38. The highest BCUT2D eigenvalue weighted by molar-refractivity contribution is 5.58. The first-order chi connectivity index (χ1) is 8.31. The number of carbonyl (C=O) groups excluding carboxylic acids is 1. The third-order valence-corrected chi connectivity index (χ3v) is 1.68. The summed E-state index contributed by atoms with van der Waals surface area (Å²) in [5, 5.41) is 0. The van der Waals surface area contributed by atoms with Crippen LogP contribution in [0.3, 0.4) is 0 Å². The molecule has 0 radical (unpaired) electrons. The van der Waals surface area contributed by atoms with E-state index in [2.05, 4.69) is 13.8 Å². The van der Waals surface area contributed by atoms with E-state index in [9.17, 15) is 4.79 Å². The van der Waals surface area contributed by atoms with Gasteiger partial charge >= 0.3 is 0 Å². The summed E-state index contributed by atoms with van der Waals surface area (Å²) >= 11 is 0. The normalized spacial score (nSPS) is 15.6. The molecule has 3 heteroatoms. The minimum absolute atomic E-state index is 0.306. The van der Waals surface area contributed by atoms with Gasteiger partial charge in [-0.15, -0.1) is 0 Å². The molecular weight excluding hydrogens is 216 g/mol. The molecule has 0 bridgehead atoms. The van der Waals surface area contributed by atoms with Gasteiger partial charge in [0.2, 0.25) is 0 Å². The van der Waals surface area contributed by atoms with Crippen LogP contribution in [-0.2, 0) is 4.79 Å². The molecule has 0 amide bonds. The van der Waals surface area contributed by atoms with E-state index < -0.39 is 6.10 Å². The smallest absolute Gasteiger partial charge is 0.187 e. The monoisotopic (exact) mass is 238 g/mol. The van der Waals surface area contributed by atoms with Gasteiger partial charge in [-0.2, -0.15) is 0 Å². The quantitative estimate of drug-likeness (QED) is 0.703. The Balaban J connectivity index is 0.000000450. The summed E-state index contributed by atoms with van der Waals surface area (Å²) in [6.45, 7) is 8.56. The van der Waals surface area contributed by atoms with Crippen molar-refractivity contribution in [1.82, 2.24) is 0 Å². The molecule has 0 saturated heterocycles. The van der Waals surface area contributed by atoms with E-state index in [1.165, 1.54) is 6.42 Å². The molecule has 1 aromatic rings. The predicted octanol–water partition coefficient (Wildman–Crippen LogP) is 3.47. The summed E-state index contributed by atoms with van der Waals surface area (Å²) in [5.74, 6) is 1.34. The van der Waals surface area contributed by atoms with Crippen molar-refractivity contribution < 1.29 is 14.3 Å². The van der Waals surface area contributed by atoms with Gasteiger partial charge in [-0.25, -0.2) is 0 Å². The highest BCUT2D eigenvalue weighted by atomic mass is 16.6. The summed E-state index contributed by atoms with van der Waals surface area (Å²) in [6.07, 6.45) is 1.54. The Hall–Kier alpha value is -1.51. The Morgan fingerprint density at radius 3 is 2.29 bits per heavy atom. The summed E-state index contributed by atoms with van der Waals surface area (Å²) in [5.41, 5.74) is 0. The summed E-state index contributed by atoms with van der Waals surface area (Å²) in [4.78, 5) is 10.4. The number of para-hydroxylation sites is 2. The molecule has 1 unspecified atom stereocenters. The number of carbonyl (C=O) groups is 1. The van der Waals surface area contributed by atoms with Crippen LogP contribution in [0.1, 0.15) is 34.1 Å². The van der Waals surface area contributed by atoms with Gasteiger partial charge in [-0.3, -0.25) is 4.79 Å². The first-order valence-corrected chi connectivity index (χ1v) is 6.15. The van der Waals surface area contributed by atoms with Crippen molar-refractivity contribution in [2.75, 3.05) is 6.61 Å². The third-order valence-electron chi connectivity index (χ3n) is 1.68. The lowest BCUT2D eigenvalue weighted by molar-refractivity contribution is -0.115. The van der Waals surface area contributed by atoms with Crippen molar-refractivity contribution in [3.8, 4) is 11.5 Å². The number of ether oxygens (including phenoxy) is 2. The molecule has 1 aromatic carbocycles. The number of aldehydes is 1. The van der Waals surface area contributed by atoms with Crippen LogP contribution in [0.5, 0.6) is 11.5 Å². The molecule has 96 valence electrons. The molecule has 0 saturated carbocycles. The average Bonchev–Trinajstić information content (AvgIpc) is 2.41. The summed E-state index contributed by atoms with van der Waals surface area (Å²) in [6, 6.07) is 7.31. The number of hydrogen-bond acceptors (Lipinski definition) is 3. The zero-order valence-electron chi connectivity index (χ0n) is 11.1. The zero-order valence-corrected chi connectivity index (χ0v) is 11.1. The molecular formula is C14H22O3.